The Labute approximate surface area is 161 Å². The van der Waals surface area contributed by atoms with Gasteiger partial charge in [0.2, 0.25) is 5.89 Å². The third-order valence-electron chi connectivity index (χ3n) is 4.49. The largest absolute Gasteiger partial charge is 0.494 e. The molecule has 146 valence electrons. The highest BCUT2D eigenvalue weighted by molar-refractivity contribution is 5.92. The quantitative estimate of drug-likeness (QED) is 0.398. The number of carboxylic acid groups (broad SMARTS) is 2. The molecule has 0 aliphatic rings. The molecular formula is C21H21NO6. The summed E-state index contributed by atoms with van der Waals surface area (Å²) in [7, 11) is 0. The first-order valence-corrected chi connectivity index (χ1v) is 9.06. The topological polar surface area (TPSA) is 110 Å². The number of oxazole rings is 1. The van der Waals surface area contributed by atoms with Gasteiger partial charge in [0, 0.05) is 5.56 Å². The Kier molecular flexibility index (Phi) is 6.26. The molecule has 0 radical (unpaired) electrons. The second kappa shape index (κ2) is 9.03. The summed E-state index contributed by atoms with van der Waals surface area (Å²) in [5.41, 5.74) is 0.909. The number of hydrogen-bond acceptors (Lipinski definition) is 5. The minimum Gasteiger partial charge on any atom is -0.494 e. The lowest BCUT2D eigenvalue weighted by Crippen LogP contribution is -2.23. The number of rotatable bonds is 10. The Morgan fingerprint density at radius 2 is 1.75 bits per heavy atom. The molecule has 1 aromatic heterocycles. The van der Waals surface area contributed by atoms with Gasteiger partial charge in [-0.05, 0) is 47.9 Å². The number of carbonyl (C=O) groups is 2. The summed E-state index contributed by atoms with van der Waals surface area (Å²) in [5, 5.41) is 19.8. The molecule has 1 heterocycles. The van der Waals surface area contributed by atoms with Crippen LogP contribution in [-0.4, -0.2) is 33.7 Å². The minimum atomic E-state index is -1.33. The Hall–Kier alpha value is -3.35. The summed E-state index contributed by atoms with van der Waals surface area (Å²) >= 11 is 0. The molecule has 2 aromatic carbocycles. The molecule has 0 saturated carbocycles. The van der Waals surface area contributed by atoms with Crippen molar-refractivity contribution < 1.29 is 29.0 Å². The standard InChI is InChI=1S/C21H21NO6/c23-20(24)18(21(25)26)4-2-1-3-10-27-17-8-7-14-12-16(6-5-15(14)13-17)19-22-9-11-28-19/h5-9,11-13,18H,1-4,10H2,(H,23,24)(H,25,26). The lowest BCUT2D eigenvalue weighted by molar-refractivity contribution is -0.154. The fourth-order valence-corrected chi connectivity index (χ4v) is 2.98. The Morgan fingerprint density at radius 1 is 1.00 bits per heavy atom. The van der Waals surface area contributed by atoms with Gasteiger partial charge in [0.1, 0.15) is 12.0 Å². The number of hydrogen-bond donors (Lipinski definition) is 2. The SMILES string of the molecule is O=C(O)C(CCCCCOc1ccc2cc(-c3ncco3)ccc2c1)C(=O)O. The van der Waals surface area contributed by atoms with Gasteiger partial charge in [0.05, 0.1) is 12.8 Å². The van der Waals surface area contributed by atoms with Crippen LogP contribution in [0.4, 0.5) is 0 Å². The summed E-state index contributed by atoms with van der Waals surface area (Å²) in [4.78, 5) is 25.8. The molecule has 3 rings (SSSR count). The van der Waals surface area contributed by atoms with Crippen LogP contribution in [0.3, 0.4) is 0 Å². The molecule has 0 spiro atoms. The zero-order valence-corrected chi connectivity index (χ0v) is 15.2. The third-order valence-corrected chi connectivity index (χ3v) is 4.49. The predicted molar refractivity (Wildman–Crippen MR) is 102 cm³/mol. The zero-order valence-electron chi connectivity index (χ0n) is 15.2. The van der Waals surface area contributed by atoms with Crippen LogP contribution in [0.5, 0.6) is 5.75 Å². The normalized spacial score (nSPS) is 11.0. The van der Waals surface area contributed by atoms with Crippen LogP contribution < -0.4 is 4.74 Å². The third kappa shape index (κ3) is 4.88. The molecule has 0 bridgehead atoms. The van der Waals surface area contributed by atoms with Crippen molar-refractivity contribution in [3.63, 3.8) is 0 Å². The first kappa shape index (κ1) is 19.4. The number of fused-ring (bicyclic) bond motifs is 1. The van der Waals surface area contributed by atoms with E-state index in [1.165, 1.54) is 0 Å². The molecule has 0 aliphatic heterocycles. The number of nitrogens with zero attached hydrogens (tertiary/aromatic N) is 1. The van der Waals surface area contributed by atoms with Gasteiger partial charge in [0.15, 0.2) is 5.92 Å². The van der Waals surface area contributed by atoms with Crippen molar-refractivity contribution in [2.45, 2.75) is 25.7 Å². The summed E-state index contributed by atoms with van der Waals surface area (Å²) in [5.74, 6) is -2.57. The number of benzene rings is 2. The second-order valence-electron chi connectivity index (χ2n) is 6.49. The summed E-state index contributed by atoms with van der Waals surface area (Å²) in [6.07, 6.45) is 5.26. The predicted octanol–water partition coefficient (Wildman–Crippen LogP) is 4.22. The highest BCUT2D eigenvalue weighted by atomic mass is 16.5. The van der Waals surface area contributed by atoms with Crippen LogP contribution in [-0.2, 0) is 9.59 Å². The maximum Gasteiger partial charge on any atom is 0.317 e. The summed E-state index contributed by atoms with van der Waals surface area (Å²) < 4.78 is 11.1. The molecule has 0 amide bonds. The number of aromatic nitrogens is 1. The molecule has 0 aliphatic carbocycles. The van der Waals surface area contributed by atoms with Crippen LogP contribution >= 0.6 is 0 Å². The molecule has 2 N–H and O–H groups in total. The van der Waals surface area contributed by atoms with Crippen LogP contribution in [0, 0.1) is 5.92 Å². The van der Waals surface area contributed by atoms with Crippen LogP contribution in [0.15, 0.2) is 53.3 Å². The second-order valence-corrected chi connectivity index (χ2v) is 6.49. The fraction of sp³-hybridized carbons (Fsp3) is 0.286. The van der Waals surface area contributed by atoms with Crippen molar-refractivity contribution in [1.82, 2.24) is 4.98 Å². The molecule has 0 saturated heterocycles. The summed E-state index contributed by atoms with van der Waals surface area (Å²) in [6.45, 7) is 0.491. The number of unbranched alkanes of at least 4 members (excludes halogenated alkanes) is 2. The van der Waals surface area contributed by atoms with E-state index in [0.717, 1.165) is 28.5 Å². The van der Waals surface area contributed by atoms with Crippen LogP contribution in [0.2, 0.25) is 0 Å². The highest BCUT2D eigenvalue weighted by Gasteiger charge is 2.24. The zero-order chi connectivity index (χ0) is 19.9. The monoisotopic (exact) mass is 383 g/mol. The van der Waals surface area contributed by atoms with Crippen molar-refractivity contribution in [3.05, 3.63) is 48.9 Å². The number of ether oxygens (including phenoxy) is 1. The lowest BCUT2D eigenvalue weighted by atomic mass is 10.0. The van der Waals surface area contributed by atoms with Crippen molar-refractivity contribution in [2.24, 2.45) is 5.92 Å². The first-order valence-electron chi connectivity index (χ1n) is 9.06. The van der Waals surface area contributed by atoms with Gasteiger partial charge in [-0.3, -0.25) is 9.59 Å². The average Bonchev–Trinajstić information content (AvgIpc) is 3.21. The molecular weight excluding hydrogens is 362 g/mol. The van der Waals surface area contributed by atoms with Gasteiger partial charge in [-0.1, -0.05) is 25.0 Å². The number of carboxylic acids is 2. The van der Waals surface area contributed by atoms with Crippen molar-refractivity contribution >= 4 is 22.7 Å². The lowest BCUT2D eigenvalue weighted by Gasteiger charge is -2.09. The maximum absolute atomic E-state index is 10.8. The van der Waals surface area contributed by atoms with E-state index in [1.807, 2.05) is 36.4 Å². The first-order chi connectivity index (χ1) is 13.5. The molecule has 7 nitrogen and oxygen atoms in total. The van der Waals surface area contributed by atoms with Gasteiger partial charge in [0.25, 0.3) is 0 Å². The van der Waals surface area contributed by atoms with E-state index in [2.05, 4.69) is 4.98 Å². The van der Waals surface area contributed by atoms with E-state index in [-0.39, 0.29) is 6.42 Å². The fourth-order valence-electron chi connectivity index (χ4n) is 2.98. The van der Waals surface area contributed by atoms with E-state index in [0.29, 0.717) is 25.3 Å². The van der Waals surface area contributed by atoms with Crippen LogP contribution in [0.1, 0.15) is 25.7 Å². The molecule has 28 heavy (non-hydrogen) atoms. The van der Waals surface area contributed by atoms with Gasteiger partial charge in [-0.15, -0.1) is 0 Å². The van der Waals surface area contributed by atoms with Gasteiger partial charge in [-0.2, -0.15) is 0 Å². The van der Waals surface area contributed by atoms with E-state index in [9.17, 15) is 9.59 Å². The Balaban J connectivity index is 1.48. The number of aliphatic carboxylic acids is 2. The summed E-state index contributed by atoms with van der Waals surface area (Å²) in [6, 6.07) is 11.8. The average molecular weight is 383 g/mol. The van der Waals surface area contributed by atoms with Crippen LogP contribution in [0.25, 0.3) is 22.2 Å². The Morgan fingerprint density at radius 3 is 2.46 bits per heavy atom. The minimum absolute atomic E-state index is 0.132. The van der Waals surface area contributed by atoms with Gasteiger partial charge in [-0.25, -0.2) is 4.98 Å². The maximum atomic E-state index is 10.8. The molecule has 0 atom stereocenters. The van der Waals surface area contributed by atoms with Crippen molar-refractivity contribution in [1.29, 1.82) is 0 Å². The van der Waals surface area contributed by atoms with Gasteiger partial charge < -0.3 is 19.4 Å². The van der Waals surface area contributed by atoms with E-state index in [1.54, 1.807) is 12.5 Å². The molecule has 7 heteroatoms. The molecule has 3 aromatic rings. The smallest absolute Gasteiger partial charge is 0.317 e. The van der Waals surface area contributed by atoms with Gasteiger partial charge >= 0.3 is 11.9 Å². The van der Waals surface area contributed by atoms with Crippen molar-refractivity contribution in [2.75, 3.05) is 6.61 Å². The molecule has 0 fully saturated rings. The molecule has 0 unspecified atom stereocenters. The van der Waals surface area contributed by atoms with E-state index < -0.39 is 17.9 Å². The van der Waals surface area contributed by atoms with E-state index in [4.69, 9.17) is 19.4 Å². The Bertz CT molecular complexity index is 937. The highest BCUT2D eigenvalue weighted by Crippen LogP contribution is 2.26. The van der Waals surface area contributed by atoms with E-state index >= 15 is 0 Å². The van der Waals surface area contributed by atoms with Crippen molar-refractivity contribution in [3.8, 4) is 17.2 Å².